The standard InChI is InChI=1S/C17H18O4/c1-20-15-9-8-13(11-5-2-3-6-12(11)15)16-14(17(18)19)7-4-10-21-16/h2-3,5-6,8-9,14,16H,4,7,10H2,1H3,(H,18,19). The summed E-state index contributed by atoms with van der Waals surface area (Å²) in [5.41, 5.74) is 0.929. The summed E-state index contributed by atoms with van der Waals surface area (Å²) in [4.78, 5) is 11.5. The first-order valence-corrected chi connectivity index (χ1v) is 7.12. The number of benzene rings is 2. The predicted molar refractivity (Wildman–Crippen MR) is 79.6 cm³/mol. The van der Waals surface area contributed by atoms with Gasteiger partial charge in [0, 0.05) is 12.0 Å². The molecule has 1 fully saturated rings. The van der Waals surface area contributed by atoms with Gasteiger partial charge in [0.15, 0.2) is 0 Å². The van der Waals surface area contributed by atoms with Crippen LogP contribution in [0.15, 0.2) is 36.4 Å². The van der Waals surface area contributed by atoms with Gasteiger partial charge < -0.3 is 14.6 Å². The summed E-state index contributed by atoms with van der Waals surface area (Å²) < 4.78 is 11.2. The molecule has 0 radical (unpaired) electrons. The molecule has 1 N–H and O–H groups in total. The van der Waals surface area contributed by atoms with Gasteiger partial charge >= 0.3 is 5.97 Å². The maximum Gasteiger partial charge on any atom is 0.309 e. The van der Waals surface area contributed by atoms with Crippen molar-refractivity contribution in [3.8, 4) is 5.75 Å². The third kappa shape index (κ3) is 2.47. The molecule has 4 heteroatoms. The normalized spacial score (nSPS) is 22.1. The van der Waals surface area contributed by atoms with E-state index < -0.39 is 18.0 Å². The van der Waals surface area contributed by atoms with Gasteiger partial charge in [-0.1, -0.05) is 30.3 Å². The van der Waals surface area contributed by atoms with E-state index in [9.17, 15) is 9.90 Å². The minimum absolute atomic E-state index is 0.396. The molecule has 0 spiro atoms. The van der Waals surface area contributed by atoms with Crippen LogP contribution in [-0.2, 0) is 9.53 Å². The van der Waals surface area contributed by atoms with Gasteiger partial charge in [-0.3, -0.25) is 4.79 Å². The number of carbonyl (C=O) groups is 1. The second kappa shape index (κ2) is 5.74. The number of aliphatic carboxylic acids is 1. The van der Waals surface area contributed by atoms with Crippen LogP contribution < -0.4 is 4.74 Å². The lowest BCUT2D eigenvalue weighted by Gasteiger charge is -2.30. The average Bonchev–Trinajstić information content (AvgIpc) is 2.53. The molecule has 21 heavy (non-hydrogen) atoms. The molecule has 2 unspecified atom stereocenters. The van der Waals surface area contributed by atoms with E-state index >= 15 is 0 Å². The van der Waals surface area contributed by atoms with Gasteiger partial charge in [-0.25, -0.2) is 0 Å². The van der Waals surface area contributed by atoms with E-state index in [0.717, 1.165) is 28.5 Å². The van der Waals surface area contributed by atoms with Gasteiger partial charge in [0.2, 0.25) is 0 Å². The van der Waals surface area contributed by atoms with Gasteiger partial charge in [-0.2, -0.15) is 0 Å². The molecule has 2 aromatic carbocycles. The van der Waals surface area contributed by atoms with Crippen LogP contribution in [0.1, 0.15) is 24.5 Å². The summed E-state index contributed by atoms with van der Waals surface area (Å²) in [6, 6.07) is 11.7. The fraction of sp³-hybridized carbons (Fsp3) is 0.353. The summed E-state index contributed by atoms with van der Waals surface area (Å²) in [6.45, 7) is 0.606. The maximum absolute atomic E-state index is 11.5. The third-order valence-corrected chi connectivity index (χ3v) is 4.08. The Morgan fingerprint density at radius 1 is 1.24 bits per heavy atom. The van der Waals surface area contributed by atoms with E-state index in [4.69, 9.17) is 9.47 Å². The van der Waals surface area contributed by atoms with Crippen molar-refractivity contribution in [1.82, 2.24) is 0 Å². The summed E-state index contributed by atoms with van der Waals surface area (Å²) in [5.74, 6) is -0.493. The van der Waals surface area contributed by atoms with Crippen molar-refractivity contribution in [2.24, 2.45) is 5.92 Å². The molecule has 1 heterocycles. The Morgan fingerprint density at radius 2 is 2.00 bits per heavy atom. The van der Waals surface area contributed by atoms with E-state index in [2.05, 4.69) is 0 Å². The molecule has 2 aromatic rings. The number of rotatable bonds is 3. The molecule has 0 saturated carbocycles. The highest BCUT2D eigenvalue weighted by atomic mass is 16.5. The number of hydrogen-bond donors (Lipinski definition) is 1. The zero-order chi connectivity index (χ0) is 14.8. The molecule has 0 bridgehead atoms. The molecule has 0 amide bonds. The van der Waals surface area contributed by atoms with Crippen LogP contribution in [0.3, 0.4) is 0 Å². The Kier molecular flexibility index (Phi) is 3.80. The first-order valence-electron chi connectivity index (χ1n) is 7.12. The van der Waals surface area contributed by atoms with Crippen LogP contribution in [0.2, 0.25) is 0 Å². The number of methoxy groups -OCH3 is 1. The smallest absolute Gasteiger partial charge is 0.309 e. The Bertz CT molecular complexity index is 665. The fourth-order valence-corrected chi connectivity index (χ4v) is 3.06. The van der Waals surface area contributed by atoms with Crippen LogP contribution >= 0.6 is 0 Å². The number of carboxylic acids is 1. The van der Waals surface area contributed by atoms with Crippen LogP contribution in [0.4, 0.5) is 0 Å². The molecule has 4 nitrogen and oxygen atoms in total. The highest BCUT2D eigenvalue weighted by Gasteiger charge is 2.34. The predicted octanol–water partition coefficient (Wildman–Crippen LogP) is 3.40. The highest BCUT2D eigenvalue weighted by Crippen LogP contribution is 2.39. The molecular weight excluding hydrogens is 268 g/mol. The second-order valence-electron chi connectivity index (χ2n) is 5.28. The zero-order valence-corrected chi connectivity index (χ0v) is 11.9. The van der Waals surface area contributed by atoms with Crippen LogP contribution in [0, 0.1) is 5.92 Å². The lowest BCUT2D eigenvalue weighted by atomic mass is 9.87. The van der Waals surface area contributed by atoms with Gasteiger partial charge in [0.05, 0.1) is 19.1 Å². The lowest BCUT2D eigenvalue weighted by Crippen LogP contribution is -2.29. The molecule has 1 saturated heterocycles. The van der Waals surface area contributed by atoms with Crippen molar-refractivity contribution in [1.29, 1.82) is 0 Å². The zero-order valence-electron chi connectivity index (χ0n) is 11.9. The molecule has 0 aliphatic carbocycles. The Labute approximate surface area is 123 Å². The number of carboxylic acid groups (broad SMARTS) is 1. The fourth-order valence-electron chi connectivity index (χ4n) is 3.06. The van der Waals surface area contributed by atoms with Crippen LogP contribution in [0.5, 0.6) is 5.75 Å². The van der Waals surface area contributed by atoms with E-state index in [1.54, 1.807) is 7.11 Å². The molecule has 2 atom stereocenters. The molecule has 1 aliphatic rings. The largest absolute Gasteiger partial charge is 0.496 e. The van der Waals surface area contributed by atoms with E-state index in [0.29, 0.717) is 13.0 Å². The number of ether oxygens (including phenoxy) is 2. The first-order chi connectivity index (χ1) is 10.2. The lowest BCUT2D eigenvalue weighted by molar-refractivity contribution is -0.151. The van der Waals surface area contributed by atoms with E-state index in [1.165, 1.54) is 0 Å². The Balaban J connectivity index is 2.13. The quantitative estimate of drug-likeness (QED) is 0.939. The number of hydrogen-bond acceptors (Lipinski definition) is 3. The van der Waals surface area contributed by atoms with Crippen molar-refractivity contribution in [2.75, 3.05) is 13.7 Å². The monoisotopic (exact) mass is 286 g/mol. The SMILES string of the molecule is COc1ccc(C2OCCCC2C(=O)O)c2ccccc12. The van der Waals surface area contributed by atoms with Crippen LogP contribution in [0.25, 0.3) is 10.8 Å². The van der Waals surface area contributed by atoms with Gasteiger partial charge in [-0.15, -0.1) is 0 Å². The van der Waals surface area contributed by atoms with E-state index in [1.807, 2.05) is 36.4 Å². The summed E-state index contributed by atoms with van der Waals surface area (Å²) in [6.07, 6.45) is 1.05. The number of fused-ring (bicyclic) bond motifs is 1. The van der Waals surface area contributed by atoms with E-state index in [-0.39, 0.29) is 0 Å². The average molecular weight is 286 g/mol. The van der Waals surface area contributed by atoms with Crippen molar-refractivity contribution in [2.45, 2.75) is 18.9 Å². The topological polar surface area (TPSA) is 55.8 Å². The summed E-state index contributed by atoms with van der Waals surface area (Å²) >= 11 is 0. The van der Waals surface area contributed by atoms with Gasteiger partial charge in [-0.05, 0) is 29.9 Å². The third-order valence-electron chi connectivity index (χ3n) is 4.08. The minimum Gasteiger partial charge on any atom is -0.496 e. The molecule has 110 valence electrons. The molecule has 3 rings (SSSR count). The maximum atomic E-state index is 11.5. The van der Waals surface area contributed by atoms with Gasteiger partial charge in [0.25, 0.3) is 0 Å². The van der Waals surface area contributed by atoms with Crippen LogP contribution in [-0.4, -0.2) is 24.8 Å². The van der Waals surface area contributed by atoms with Crippen molar-refractivity contribution in [3.63, 3.8) is 0 Å². The molecule has 1 aliphatic heterocycles. The van der Waals surface area contributed by atoms with Gasteiger partial charge in [0.1, 0.15) is 5.75 Å². The summed E-state index contributed by atoms with van der Waals surface area (Å²) in [5, 5.41) is 11.4. The van der Waals surface area contributed by atoms with Crippen molar-refractivity contribution >= 4 is 16.7 Å². The Morgan fingerprint density at radius 3 is 2.71 bits per heavy atom. The second-order valence-corrected chi connectivity index (χ2v) is 5.28. The van der Waals surface area contributed by atoms with Crippen molar-refractivity contribution < 1.29 is 19.4 Å². The first kappa shape index (κ1) is 13.9. The Hall–Kier alpha value is -2.07. The van der Waals surface area contributed by atoms with Crippen molar-refractivity contribution in [3.05, 3.63) is 42.0 Å². The minimum atomic E-state index is -0.792. The summed E-state index contributed by atoms with van der Waals surface area (Å²) in [7, 11) is 1.64. The highest BCUT2D eigenvalue weighted by molar-refractivity contribution is 5.91. The molecule has 0 aromatic heterocycles. The molecular formula is C17H18O4.